The highest BCUT2D eigenvalue weighted by Crippen LogP contribution is 2.11. The molecule has 152 valence electrons. The predicted molar refractivity (Wildman–Crippen MR) is 108 cm³/mol. The van der Waals surface area contributed by atoms with Gasteiger partial charge in [0.1, 0.15) is 6.42 Å². The van der Waals surface area contributed by atoms with Crippen LogP contribution in [0.4, 0.5) is 0 Å². The minimum atomic E-state index is -0.163. The van der Waals surface area contributed by atoms with Crippen LogP contribution in [0.3, 0.4) is 0 Å². The van der Waals surface area contributed by atoms with Crippen LogP contribution in [0.25, 0.3) is 0 Å². The Morgan fingerprint density at radius 3 is 1.69 bits per heavy atom. The zero-order valence-electron chi connectivity index (χ0n) is 17.0. The first-order valence-corrected chi connectivity index (χ1v) is 11.0. The fourth-order valence-corrected chi connectivity index (χ4v) is 3.49. The number of hydrogen-bond donors (Lipinski definition) is 2. The van der Waals surface area contributed by atoms with E-state index >= 15 is 0 Å². The molecule has 0 radical (unpaired) electrons. The number of carbonyl (C=O) groups excluding carboxylic acids is 2. The number of nitrogens with zero attached hydrogens (tertiary/aromatic N) is 1. The summed E-state index contributed by atoms with van der Waals surface area (Å²) < 4.78 is 0. The van der Waals surface area contributed by atoms with Crippen LogP contribution in [0.2, 0.25) is 0 Å². The quantitative estimate of drug-likeness (QED) is 0.433. The second-order valence-corrected chi connectivity index (χ2v) is 7.61. The Balaban J connectivity index is 2.08. The largest absolute Gasteiger partial charge is 0.356 e. The summed E-state index contributed by atoms with van der Waals surface area (Å²) >= 11 is 0. The lowest BCUT2D eigenvalue weighted by atomic mass is 10.1. The lowest BCUT2D eigenvalue weighted by Gasteiger charge is -2.23. The van der Waals surface area contributed by atoms with Gasteiger partial charge >= 0.3 is 0 Å². The van der Waals surface area contributed by atoms with Crippen molar-refractivity contribution < 1.29 is 9.59 Å². The van der Waals surface area contributed by atoms with Crippen molar-refractivity contribution in [1.82, 2.24) is 15.5 Å². The topological polar surface area (TPSA) is 61.4 Å². The zero-order chi connectivity index (χ0) is 18.9. The van der Waals surface area contributed by atoms with Crippen LogP contribution in [0, 0.1) is 0 Å². The van der Waals surface area contributed by atoms with Gasteiger partial charge in [-0.15, -0.1) is 0 Å². The molecule has 1 heterocycles. The van der Waals surface area contributed by atoms with Crippen molar-refractivity contribution in [3.63, 3.8) is 0 Å². The van der Waals surface area contributed by atoms with Crippen LogP contribution >= 0.6 is 0 Å². The number of carbonyl (C=O) groups is 2. The second kappa shape index (κ2) is 16.1. The average Bonchev–Trinajstić information content (AvgIpc) is 2.62. The molecule has 0 aromatic rings. The number of hydrogen-bond acceptors (Lipinski definition) is 3. The summed E-state index contributed by atoms with van der Waals surface area (Å²) in [6.07, 6.45) is 15.5. The molecular formula is C21H41N3O2. The Morgan fingerprint density at radius 1 is 0.731 bits per heavy atom. The van der Waals surface area contributed by atoms with Gasteiger partial charge in [0, 0.05) is 13.1 Å². The fourth-order valence-electron chi connectivity index (χ4n) is 3.49. The van der Waals surface area contributed by atoms with E-state index in [1.165, 1.54) is 64.2 Å². The van der Waals surface area contributed by atoms with Crippen molar-refractivity contribution in [3.05, 3.63) is 0 Å². The predicted octanol–water partition coefficient (Wildman–Crippen LogP) is 3.63. The average molecular weight is 368 g/mol. The van der Waals surface area contributed by atoms with Gasteiger partial charge in [0.15, 0.2) is 0 Å². The molecular weight excluding hydrogens is 326 g/mol. The molecule has 0 saturated carbocycles. The van der Waals surface area contributed by atoms with Crippen molar-refractivity contribution in [3.8, 4) is 0 Å². The molecule has 1 rings (SSSR count). The van der Waals surface area contributed by atoms with Crippen LogP contribution in [0.1, 0.15) is 90.4 Å². The molecule has 0 unspecified atom stereocenters. The molecule has 1 saturated heterocycles. The van der Waals surface area contributed by atoms with Crippen LogP contribution in [-0.4, -0.2) is 49.4 Å². The number of unbranched alkanes of at least 4 members (excludes halogenated alkanes) is 9. The Labute approximate surface area is 160 Å². The Hall–Kier alpha value is -1.10. The third-order valence-corrected chi connectivity index (χ3v) is 5.10. The van der Waals surface area contributed by atoms with E-state index in [9.17, 15) is 9.59 Å². The molecule has 0 aliphatic carbocycles. The minimum Gasteiger partial charge on any atom is -0.356 e. The molecule has 1 aliphatic heterocycles. The summed E-state index contributed by atoms with van der Waals surface area (Å²) in [4.78, 5) is 25.6. The van der Waals surface area contributed by atoms with Crippen molar-refractivity contribution in [1.29, 1.82) is 0 Å². The van der Waals surface area contributed by atoms with E-state index in [1.807, 2.05) is 0 Å². The molecule has 0 aromatic heterocycles. The first-order chi connectivity index (χ1) is 12.7. The normalized spacial score (nSPS) is 17.9. The van der Waals surface area contributed by atoms with E-state index in [1.54, 1.807) is 0 Å². The van der Waals surface area contributed by atoms with Crippen LogP contribution in [0.5, 0.6) is 0 Å². The molecule has 0 spiro atoms. The van der Waals surface area contributed by atoms with Gasteiger partial charge in [0.2, 0.25) is 11.8 Å². The van der Waals surface area contributed by atoms with Gasteiger partial charge < -0.3 is 15.5 Å². The first kappa shape index (κ1) is 22.9. The number of nitrogens with one attached hydrogen (secondary N) is 2. The van der Waals surface area contributed by atoms with Crippen LogP contribution in [-0.2, 0) is 9.59 Å². The highest BCUT2D eigenvalue weighted by Gasteiger charge is 2.11. The highest BCUT2D eigenvalue weighted by molar-refractivity contribution is 5.96. The Bertz CT molecular complexity index is 352. The van der Waals surface area contributed by atoms with E-state index in [2.05, 4.69) is 22.5 Å². The molecule has 2 N–H and O–H groups in total. The van der Waals surface area contributed by atoms with E-state index in [0.717, 1.165) is 32.5 Å². The molecule has 5 nitrogen and oxygen atoms in total. The van der Waals surface area contributed by atoms with Crippen molar-refractivity contribution in [2.75, 3.05) is 32.7 Å². The fraction of sp³-hybridized carbons (Fsp3) is 0.905. The van der Waals surface area contributed by atoms with E-state index in [4.69, 9.17) is 0 Å². The van der Waals surface area contributed by atoms with Crippen molar-refractivity contribution >= 4 is 11.8 Å². The molecule has 0 aromatic carbocycles. The van der Waals surface area contributed by atoms with Crippen LogP contribution in [0.15, 0.2) is 0 Å². The van der Waals surface area contributed by atoms with Gasteiger partial charge in [0.25, 0.3) is 0 Å². The third kappa shape index (κ3) is 13.2. The van der Waals surface area contributed by atoms with Gasteiger partial charge in [-0.05, 0) is 38.9 Å². The molecule has 26 heavy (non-hydrogen) atoms. The monoisotopic (exact) mass is 367 g/mol. The Kier molecular flexibility index (Phi) is 14.2. The van der Waals surface area contributed by atoms with E-state index in [0.29, 0.717) is 13.1 Å². The van der Waals surface area contributed by atoms with Crippen LogP contribution < -0.4 is 10.6 Å². The number of rotatable bonds is 11. The highest BCUT2D eigenvalue weighted by atomic mass is 16.2. The lowest BCUT2D eigenvalue weighted by Crippen LogP contribution is -2.37. The van der Waals surface area contributed by atoms with Crippen molar-refractivity contribution in [2.24, 2.45) is 0 Å². The van der Waals surface area contributed by atoms with Gasteiger partial charge in [-0.1, -0.05) is 64.7 Å². The molecule has 5 heteroatoms. The molecule has 1 aliphatic rings. The minimum absolute atomic E-state index is 0.0394. The summed E-state index contributed by atoms with van der Waals surface area (Å²) in [6, 6.07) is 0. The van der Waals surface area contributed by atoms with Gasteiger partial charge in [-0.25, -0.2) is 0 Å². The maximum Gasteiger partial charge on any atom is 0.229 e. The van der Waals surface area contributed by atoms with Gasteiger partial charge in [0.05, 0.1) is 0 Å². The molecule has 0 atom stereocenters. The van der Waals surface area contributed by atoms with E-state index < -0.39 is 0 Å². The van der Waals surface area contributed by atoms with Crippen molar-refractivity contribution in [2.45, 2.75) is 90.4 Å². The van der Waals surface area contributed by atoms with Gasteiger partial charge in [-0.3, -0.25) is 9.59 Å². The van der Waals surface area contributed by atoms with Gasteiger partial charge in [-0.2, -0.15) is 0 Å². The maximum atomic E-state index is 11.6. The molecule has 1 fully saturated rings. The Morgan fingerprint density at radius 2 is 1.19 bits per heavy atom. The summed E-state index contributed by atoms with van der Waals surface area (Å²) in [5, 5.41) is 5.67. The maximum absolute atomic E-state index is 11.6. The van der Waals surface area contributed by atoms with E-state index in [-0.39, 0.29) is 18.2 Å². The smallest absolute Gasteiger partial charge is 0.229 e. The second-order valence-electron chi connectivity index (χ2n) is 7.61. The number of amides is 2. The summed E-state index contributed by atoms with van der Waals surface area (Å²) in [6.45, 7) is 6.81. The summed E-state index contributed by atoms with van der Waals surface area (Å²) in [5.74, 6) is -0.325. The first-order valence-electron chi connectivity index (χ1n) is 11.0. The zero-order valence-corrected chi connectivity index (χ0v) is 17.0. The molecule has 2 amide bonds. The summed E-state index contributed by atoms with van der Waals surface area (Å²) in [5.41, 5.74) is 0. The standard InChI is InChI=1S/C21H41N3O2/c1-2-3-4-5-6-7-8-9-10-11-16-24-17-12-14-22-20(25)19-21(26)23-15-13-18-24/h2-19H2,1H3,(H,22,25)(H,23,26). The molecule has 0 bridgehead atoms. The third-order valence-electron chi connectivity index (χ3n) is 5.10. The summed E-state index contributed by atoms with van der Waals surface area (Å²) in [7, 11) is 0. The lowest BCUT2D eigenvalue weighted by molar-refractivity contribution is -0.129. The SMILES string of the molecule is CCCCCCCCCCCCN1CCCNC(=O)CC(=O)NCCC1.